The van der Waals surface area contributed by atoms with Crippen molar-refractivity contribution in [3.8, 4) is 0 Å². The van der Waals surface area contributed by atoms with E-state index in [2.05, 4.69) is 10.4 Å². The van der Waals surface area contributed by atoms with E-state index in [4.69, 9.17) is 11.6 Å². The number of benzene rings is 1. The van der Waals surface area contributed by atoms with Crippen molar-refractivity contribution in [2.75, 3.05) is 16.8 Å². The first-order valence-corrected chi connectivity index (χ1v) is 9.55. The summed E-state index contributed by atoms with van der Waals surface area (Å²) in [5.41, 5.74) is 2.85. The molecular weight excluding hydrogens is 360 g/mol. The summed E-state index contributed by atoms with van der Waals surface area (Å²) in [7, 11) is 1.83. The molecule has 0 bridgehead atoms. The Bertz CT molecular complexity index is 866. The van der Waals surface area contributed by atoms with Gasteiger partial charge in [0.05, 0.1) is 11.6 Å². The van der Waals surface area contributed by atoms with Gasteiger partial charge in [0.25, 0.3) is 0 Å². The lowest BCUT2D eigenvalue weighted by atomic mass is 10.1. The van der Waals surface area contributed by atoms with Gasteiger partial charge in [-0.25, -0.2) is 0 Å². The summed E-state index contributed by atoms with van der Waals surface area (Å²) in [5.74, 6) is 1.90. The van der Waals surface area contributed by atoms with Gasteiger partial charge in [-0.2, -0.15) is 16.9 Å². The molecule has 1 N–H and O–H groups in total. The third kappa shape index (κ3) is 3.02. The number of thioether (sulfide) groups is 1. The fourth-order valence-electron chi connectivity index (χ4n) is 3.29. The average molecular weight is 377 g/mol. The summed E-state index contributed by atoms with van der Waals surface area (Å²) in [6, 6.07) is 7.13. The molecule has 0 radical (unpaired) electrons. The predicted molar refractivity (Wildman–Crippen MR) is 98.7 cm³/mol. The van der Waals surface area contributed by atoms with Crippen LogP contribution in [0.2, 0.25) is 5.02 Å². The van der Waals surface area contributed by atoms with E-state index in [1.165, 1.54) is 0 Å². The number of nitrogens with one attached hydrogen (secondary N) is 1. The Balaban J connectivity index is 1.50. The van der Waals surface area contributed by atoms with E-state index < -0.39 is 0 Å². The Morgan fingerprint density at radius 2 is 2.24 bits per heavy atom. The molecule has 1 aromatic heterocycles. The molecule has 2 aromatic rings. The molecule has 2 aliphatic heterocycles. The predicted octanol–water partition coefficient (Wildman–Crippen LogP) is 2.81. The van der Waals surface area contributed by atoms with Crippen molar-refractivity contribution < 1.29 is 9.59 Å². The van der Waals surface area contributed by atoms with Crippen LogP contribution in [-0.2, 0) is 28.1 Å². The summed E-state index contributed by atoms with van der Waals surface area (Å²) in [6.45, 7) is 0.361. The minimum atomic E-state index is -0.383. The summed E-state index contributed by atoms with van der Waals surface area (Å²) in [5, 5.41) is 8.00. The Hall–Kier alpha value is -1.99. The number of hydrogen-bond acceptors (Lipinski definition) is 4. The van der Waals surface area contributed by atoms with Crippen molar-refractivity contribution in [3.63, 3.8) is 0 Å². The van der Waals surface area contributed by atoms with E-state index in [1.54, 1.807) is 39.5 Å². The number of aryl methyl sites for hydroxylation is 1. The Morgan fingerprint density at radius 3 is 3.04 bits per heavy atom. The molecule has 2 amide bonds. The molecule has 1 saturated heterocycles. The SMILES string of the molecule is Cn1nc2c(c1NC(=O)[C@H]1CC(=O)N(c3cccc(Cl)c3)C1)CSC2. The van der Waals surface area contributed by atoms with E-state index in [-0.39, 0.29) is 24.2 Å². The number of nitrogens with zero attached hydrogens (tertiary/aromatic N) is 3. The maximum absolute atomic E-state index is 12.7. The summed E-state index contributed by atoms with van der Waals surface area (Å²) < 4.78 is 1.72. The normalized spacial score (nSPS) is 19.4. The highest BCUT2D eigenvalue weighted by atomic mass is 35.5. The fraction of sp³-hybridized carbons (Fsp3) is 0.353. The Morgan fingerprint density at radius 1 is 1.40 bits per heavy atom. The topological polar surface area (TPSA) is 67.2 Å². The smallest absolute Gasteiger partial charge is 0.230 e. The molecule has 6 nitrogen and oxygen atoms in total. The van der Waals surface area contributed by atoms with Crippen LogP contribution in [0.25, 0.3) is 0 Å². The molecule has 1 atom stereocenters. The van der Waals surface area contributed by atoms with Crippen molar-refractivity contribution in [2.45, 2.75) is 17.9 Å². The zero-order valence-electron chi connectivity index (χ0n) is 13.7. The van der Waals surface area contributed by atoms with E-state index in [0.717, 1.165) is 34.3 Å². The molecule has 0 saturated carbocycles. The van der Waals surface area contributed by atoms with Crippen molar-refractivity contribution in [1.29, 1.82) is 0 Å². The van der Waals surface area contributed by atoms with Gasteiger partial charge in [0.2, 0.25) is 11.8 Å². The number of fused-ring (bicyclic) bond motifs is 1. The molecule has 130 valence electrons. The molecule has 25 heavy (non-hydrogen) atoms. The first-order valence-electron chi connectivity index (χ1n) is 8.02. The maximum Gasteiger partial charge on any atom is 0.230 e. The van der Waals surface area contributed by atoms with Gasteiger partial charge in [-0.3, -0.25) is 14.3 Å². The van der Waals surface area contributed by atoms with Gasteiger partial charge in [0, 0.05) is 47.8 Å². The highest BCUT2D eigenvalue weighted by molar-refractivity contribution is 7.98. The van der Waals surface area contributed by atoms with Gasteiger partial charge in [-0.1, -0.05) is 17.7 Å². The van der Waals surface area contributed by atoms with Crippen LogP contribution in [0, 0.1) is 5.92 Å². The van der Waals surface area contributed by atoms with Crippen molar-refractivity contribution >= 4 is 46.7 Å². The number of aromatic nitrogens is 2. The van der Waals surface area contributed by atoms with Gasteiger partial charge in [-0.15, -0.1) is 0 Å². The number of carbonyl (C=O) groups is 2. The van der Waals surface area contributed by atoms with Gasteiger partial charge < -0.3 is 10.2 Å². The lowest BCUT2D eigenvalue weighted by Gasteiger charge is -2.17. The third-order valence-electron chi connectivity index (χ3n) is 4.57. The second-order valence-corrected chi connectivity index (χ2v) is 7.69. The van der Waals surface area contributed by atoms with Crippen molar-refractivity contribution in [1.82, 2.24) is 9.78 Å². The minimum absolute atomic E-state index is 0.0618. The number of amides is 2. The quantitative estimate of drug-likeness (QED) is 0.894. The standard InChI is InChI=1S/C17H17ClN4O2S/c1-21-16(13-8-25-9-14(13)20-21)19-17(24)10-5-15(23)22(7-10)12-4-2-3-11(18)6-12/h2-4,6,10H,5,7-9H2,1H3,(H,19,24)/t10-/m0/s1. The van der Waals surface area contributed by atoms with Gasteiger partial charge >= 0.3 is 0 Å². The summed E-state index contributed by atoms with van der Waals surface area (Å²) >= 11 is 7.80. The van der Waals surface area contributed by atoms with Gasteiger partial charge in [-0.05, 0) is 18.2 Å². The van der Waals surface area contributed by atoms with Crippen LogP contribution in [0.15, 0.2) is 24.3 Å². The van der Waals surface area contributed by atoms with Gasteiger partial charge in [0.15, 0.2) is 0 Å². The van der Waals surface area contributed by atoms with Gasteiger partial charge in [0.1, 0.15) is 5.82 Å². The molecule has 1 fully saturated rings. The highest BCUT2D eigenvalue weighted by Gasteiger charge is 2.36. The number of carbonyl (C=O) groups excluding carboxylic acids is 2. The molecule has 4 rings (SSSR count). The van der Waals surface area contributed by atoms with Crippen LogP contribution < -0.4 is 10.2 Å². The van der Waals surface area contributed by atoms with Crippen molar-refractivity contribution in [2.24, 2.45) is 13.0 Å². The first kappa shape index (κ1) is 16.5. The van der Waals surface area contributed by atoms with Crippen LogP contribution in [0.1, 0.15) is 17.7 Å². The fourth-order valence-corrected chi connectivity index (χ4v) is 4.51. The zero-order chi connectivity index (χ0) is 17.6. The number of rotatable bonds is 3. The number of hydrogen-bond donors (Lipinski definition) is 1. The number of halogens is 1. The maximum atomic E-state index is 12.7. The van der Waals surface area contributed by atoms with Crippen LogP contribution in [0.3, 0.4) is 0 Å². The highest BCUT2D eigenvalue weighted by Crippen LogP contribution is 2.35. The zero-order valence-corrected chi connectivity index (χ0v) is 15.2. The van der Waals surface area contributed by atoms with E-state index in [1.807, 2.05) is 13.1 Å². The van der Waals surface area contributed by atoms with Crippen LogP contribution >= 0.6 is 23.4 Å². The summed E-state index contributed by atoms with van der Waals surface area (Å²) in [4.78, 5) is 26.7. The number of anilines is 2. The Kier molecular flexibility index (Phi) is 4.21. The molecule has 0 unspecified atom stereocenters. The third-order valence-corrected chi connectivity index (χ3v) is 5.78. The molecule has 8 heteroatoms. The second kappa shape index (κ2) is 6.38. The molecule has 2 aliphatic rings. The summed E-state index contributed by atoms with van der Waals surface area (Å²) in [6.07, 6.45) is 0.202. The molecule has 3 heterocycles. The molecule has 0 spiro atoms. The van der Waals surface area contributed by atoms with E-state index in [9.17, 15) is 9.59 Å². The van der Waals surface area contributed by atoms with E-state index >= 15 is 0 Å². The van der Waals surface area contributed by atoms with E-state index in [0.29, 0.717) is 11.6 Å². The largest absolute Gasteiger partial charge is 0.312 e. The average Bonchev–Trinajstić information content (AvgIpc) is 3.24. The molecular formula is C17H17ClN4O2S. The van der Waals surface area contributed by atoms with Crippen LogP contribution in [-0.4, -0.2) is 28.1 Å². The first-order chi connectivity index (χ1) is 12.0. The monoisotopic (exact) mass is 376 g/mol. The molecule has 1 aromatic carbocycles. The minimum Gasteiger partial charge on any atom is -0.312 e. The van der Waals surface area contributed by atoms with Crippen LogP contribution in [0.5, 0.6) is 0 Å². The lowest BCUT2D eigenvalue weighted by molar-refractivity contribution is -0.122. The second-order valence-electron chi connectivity index (χ2n) is 6.26. The Labute approximate surface area is 154 Å². The van der Waals surface area contributed by atoms with Crippen LogP contribution in [0.4, 0.5) is 11.5 Å². The lowest BCUT2D eigenvalue weighted by Crippen LogP contribution is -2.28. The molecule has 0 aliphatic carbocycles. The van der Waals surface area contributed by atoms with Crippen molar-refractivity contribution in [3.05, 3.63) is 40.5 Å².